The second-order valence-corrected chi connectivity index (χ2v) is 6.79. The van der Waals surface area contributed by atoms with Gasteiger partial charge in [0, 0.05) is 24.1 Å². The summed E-state index contributed by atoms with van der Waals surface area (Å²) in [7, 11) is 0. The number of benzene rings is 2. The van der Waals surface area contributed by atoms with Crippen molar-refractivity contribution in [3.63, 3.8) is 0 Å². The molecule has 3 N–H and O–H groups in total. The van der Waals surface area contributed by atoms with Gasteiger partial charge in [0.05, 0.1) is 5.56 Å². The van der Waals surface area contributed by atoms with E-state index in [0.717, 1.165) is 12.1 Å². The van der Waals surface area contributed by atoms with Gasteiger partial charge in [0.15, 0.2) is 0 Å². The van der Waals surface area contributed by atoms with Crippen molar-refractivity contribution < 1.29 is 31.7 Å². The molecule has 0 saturated carbocycles. The SMILES string of the molecule is Cc1nc(-c2c(F)cc(Cl)cc2-c2ccc(CNC(=O)NNC(=O)C(F)F)c(F)c2)no1. The van der Waals surface area contributed by atoms with Gasteiger partial charge in [0.1, 0.15) is 11.6 Å². The van der Waals surface area contributed by atoms with Crippen molar-refractivity contribution in [2.75, 3.05) is 0 Å². The molecule has 1 heterocycles. The predicted molar refractivity (Wildman–Crippen MR) is 104 cm³/mol. The molecule has 3 amide bonds. The number of hydrogen-bond acceptors (Lipinski definition) is 5. The third-order valence-corrected chi connectivity index (χ3v) is 4.33. The number of amides is 3. The fraction of sp³-hybridized carbons (Fsp3) is 0.158. The third-order valence-electron chi connectivity index (χ3n) is 4.11. The standard InChI is InChI=1S/C19H14ClF4N5O3/c1-8-26-17(29-32-8)15-12(5-11(20)6-14(15)22)9-2-3-10(13(21)4-9)7-25-19(31)28-27-18(30)16(23)24/h2-6,16H,7H2,1H3,(H,27,30)(H2,25,28,31). The molecule has 1 aromatic heterocycles. The molecule has 0 spiro atoms. The van der Waals surface area contributed by atoms with Gasteiger partial charge in [0.2, 0.25) is 11.7 Å². The molecule has 0 radical (unpaired) electrons. The summed E-state index contributed by atoms with van der Waals surface area (Å²) in [6, 6.07) is 5.32. The van der Waals surface area contributed by atoms with Crippen LogP contribution >= 0.6 is 11.6 Å². The van der Waals surface area contributed by atoms with Crippen molar-refractivity contribution in [3.8, 4) is 22.5 Å². The number of hydrazine groups is 1. The molecule has 8 nitrogen and oxygen atoms in total. The zero-order chi connectivity index (χ0) is 23.4. The number of nitrogens with zero attached hydrogens (tertiary/aromatic N) is 2. The Morgan fingerprint density at radius 3 is 2.50 bits per heavy atom. The minimum atomic E-state index is -3.31. The maximum Gasteiger partial charge on any atom is 0.333 e. The van der Waals surface area contributed by atoms with Crippen molar-refractivity contribution in [2.45, 2.75) is 19.9 Å². The van der Waals surface area contributed by atoms with Gasteiger partial charge >= 0.3 is 18.4 Å². The van der Waals surface area contributed by atoms with E-state index in [4.69, 9.17) is 16.1 Å². The van der Waals surface area contributed by atoms with Gasteiger partial charge in [0.25, 0.3) is 0 Å². The fourth-order valence-corrected chi connectivity index (χ4v) is 2.89. The summed E-state index contributed by atoms with van der Waals surface area (Å²) in [5.74, 6) is -3.02. The van der Waals surface area contributed by atoms with Crippen LogP contribution in [0.25, 0.3) is 22.5 Å². The lowest BCUT2D eigenvalue weighted by atomic mass is 9.97. The molecule has 0 fully saturated rings. The van der Waals surface area contributed by atoms with E-state index in [9.17, 15) is 27.2 Å². The maximum absolute atomic E-state index is 14.6. The fourth-order valence-electron chi connectivity index (χ4n) is 2.68. The number of carbonyl (C=O) groups excluding carboxylic acids is 2. The normalized spacial score (nSPS) is 10.8. The van der Waals surface area contributed by atoms with Crippen LogP contribution in [0, 0.1) is 18.6 Å². The second-order valence-electron chi connectivity index (χ2n) is 6.35. The minimum absolute atomic E-state index is 0.0311. The summed E-state index contributed by atoms with van der Waals surface area (Å²) in [6.07, 6.45) is -3.31. The van der Waals surface area contributed by atoms with Gasteiger partial charge in [-0.25, -0.2) is 19.0 Å². The molecule has 2 aromatic carbocycles. The monoisotopic (exact) mass is 471 g/mol. The molecule has 32 heavy (non-hydrogen) atoms. The largest absolute Gasteiger partial charge is 0.339 e. The van der Waals surface area contributed by atoms with Crippen molar-refractivity contribution in [2.24, 2.45) is 0 Å². The van der Waals surface area contributed by atoms with Gasteiger partial charge in [-0.15, -0.1) is 0 Å². The summed E-state index contributed by atoms with van der Waals surface area (Å²) in [4.78, 5) is 26.3. The number of halogens is 5. The highest BCUT2D eigenvalue weighted by atomic mass is 35.5. The molecule has 168 valence electrons. The maximum atomic E-state index is 14.6. The summed E-state index contributed by atoms with van der Waals surface area (Å²) < 4.78 is 58.3. The lowest BCUT2D eigenvalue weighted by Crippen LogP contribution is -2.48. The number of nitrogens with one attached hydrogen (secondary N) is 3. The molecule has 3 aromatic rings. The van der Waals surface area contributed by atoms with E-state index in [1.807, 2.05) is 0 Å². The van der Waals surface area contributed by atoms with Gasteiger partial charge in [-0.05, 0) is 29.3 Å². The zero-order valence-corrected chi connectivity index (χ0v) is 16.9. The van der Waals surface area contributed by atoms with E-state index in [1.165, 1.54) is 30.5 Å². The van der Waals surface area contributed by atoms with Crippen LogP contribution in [0.5, 0.6) is 0 Å². The number of rotatable bonds is 5. The molecule has 0 saturated heterocycles. The first-order valence-corrected chi connectivity index (χ1v) is 9.24. The Labute approximate surface area is 182 Å². The third kappa shape index (κ3) is 5.32. The number of carbonyl (C=O) groups is 2. The van der Waals surface area contributed by atoms with Gasteiger partial charge in [-0.2, -0.15) is 13.8 Å². The van der Waals surface area contributed by atoms with E-state index < -0.39 is 30.0 Å². The van der Waals surface area contributed by atoms with Crippen molar-refractivity contribution >= 4 is 23.5 Å². The Morgan fingerprint density at radius 2 is 1.88 bits per heavy atom. The Morgan fingerprint density at radius 1 is 1.12 bits per heavy atom. The molecule has 0 aliphatic carbocycles. The number of aryl methyl sites for hydroxylation is 1. The summed E-state index contributed by atoms with van der Waals surface area (Å²) in [5, 5.41) is 5.95. The number of hydrogen-bond donors (Lipinski definition) is 3. The molecule has 0 unspecified atom stereocenters. The molecule has 13 heteroatoms. The van der Waals surface area contributed by atoms with Crippen LogP contribution in [0.2, 0.25) is 5.02 Å². The summed E-state index contributed by atoms with van der Waals surface area (Å²) in [6.45, 7) is 1.20. The van der Waals surface area contributed by atoms with E-state index in [0.29, 0.717) is 0 Å². The first-order chi connectivity index (χ1) is 15.2. The first-order valence-electron chi connectivity index (χ1n) is 8.86. The van der Waals surface area contributed by atoms with Crippen LogP contribution in [-0.4, -0.2) is 28.5 Å². The summed E-state index contributed by atoms with van der Waals surface area (Å²) in [5.41, 5.74) is 3.64. The van der Waals surface area contributed by atoms with E-state index in [2.05, 4.69) is 15.5 Å². The topological polar surface area (TPSA) is 109 Å². The van der Waals surface area contributed by atoms with E-state index in [1.54, 1.807) is 5.43 Å². The lowest BCUT2D eigenvalue weighted by Gasteiger charge is -2.12. The van der Waals surface area contributed by atoms with E-state index >= 15 is 0 Å². The van der Waals surface area contributed by atoms with Crippen molar-refractivity contribution in [1.29, 1.82) is 0 Å². The summed E-state index contributed by atoms with van der Waals surface area (Å²) >= 11 is 5.96. The molecule has 0 aliphatic heterocycles. The Kier molecular flexibility index (Phi) is 6.93. The van der Waals surface area contributed by atoms with Crippen LogP contribution in [-0.2, 0) is 11.3 Å². The van der Waals surface area contributed by atoms with Crippen molar-refractivity contribution in [1.82, 2.24) is 26.3 Å². The van der Waals surface area contributed by atoms with Gasteiger partial charge < -0.3 is 9.84 Å². The van der Waals surface area contributed by atoms with Crippen LogP contribution in [0.3, 0.4) is 0 Å². The lowest BCUT2D eigenvalue weighted by molar-refractivity contribution is -0.132. The highest BCUT2D eigenvalue weighted by molar-refractivity contribution is 6.31. The average molecular weight is 472 g/mol. The van der Waals surface area contributed by atoms with Crippen LogP contribution < -0.4 is 16.2 Å². The highest BCUT2D eigenvalue weighted by Gasteiger charge is 2.20. The molecular weight excluding hydrogens is 458 g/mol. The Bertz CT molecular complexity index is 1170. The van der Waals surface area contributed by atoms with Crippen LogP contribution in [0.15, 0.2) is 34.9 Å². The van der Waals surface area contributed by atoms with Crippen molar-refractivity contribution in [3.05, 3.63) is 58.4 Å². The number of urea groups is 1. The minimum Gasteiger partial charge on any atom is -0.339 e. The van der Waals surface area contributed by atoms with Gasteiger partial charge in [-0.1, -0.05) is 28.9 Å². The van der Waals surface area contributed by atoms with Gasteiger partial charge in [-0.3, -0.25) is 10.2 Å². The van der Waals surface area contributed by atoms with Crippen LogP contribution in [0.1, 0.15) is 11.5 Å². The molecule has 3 rings (SSSR count). The van der Waals surface area contributed by atoms with Crippen LogP contribution in [0.4, 0.5) is 22.4 Å². The van der Waals surface area contributed by atoms with E-state index in [-0.39, 0.29) is 45.5 Å². The molecule has 0 bridgehead atoms. The Hall–Kier alpha value is -3.67. The second kappa shape index (κ2) is 9.64. The quantitative estimate of drug-likeness (QED) is 0.388. The molecule has 0 aliphatic rings. The first kappa shape index (κ1) is 23.0. The smallest absolute Gasteiger partial charge is 0.333 e. The highest BCUT2D eigenvalue weighted by Crippen LogP contribution is 2.36. The zero-order valence-electron chi connectivity index (χ0n) is 16.2. The number of aromatic nitrogens is 2. The molecule has 0 atom stereocenters. The molecular formula is C19H14ClF4N5O3. The predicted octanol–water partition coefficient (Wildman–Crippen LogP) is 3.74. The number of alkyl halides is 2. The Balaban J connectivity index is 1.80. The average Bonchev–Trinajstić information content (AvgIpc) is 3.15.